The molecule has 0 aliphatic carbocycles. The van der Waals surface area contributed by atoms with Gasteiger partial charge >= 0.3 is 0 Å². The molecule has 1 heterocycles. The van der Waals surface area contributed by atoms with Crippen LogP contribution in [-0.2, 0) is 0 Å². The molecule has 0 saturated carbocycles. The first kappa shape index (κ1) is 14.2. The summed E-state index contributed by atoms with van der Waals surface area (Å²) in [6, 6.07) is 13.4. The van der Waals surface area contributed by atoms with Crippen molar-refractivity contribution in [3.05, 3.63) is 53.3 Å². The summed E-state index contributed by atoms with van der Waals surface area (Å²) in [5, 5.41) is 0.422. The van der Waals surface area contributed by atoms with Crippen molar-refractivity contribution in [1.29, 1.82) is 0 Å². The molecule has 0 amide bonds. The predicted molar refractivity (Wildman–Crippen MR) is 86.9 cm³/mol. The van der Waals surface area contributed by atoms with E-state index >= 15 is 0 Å². The van der Waals surface area contributed by atoms with Crippen LogP contribution in [0.15, 0.2) is 42.5 Å². The highest BCUT2D eigenvalue weighted by molar-refractivity contribution is 6.32. The quantitative estimate of drug-likeness (QED) is 0.636. The van der Waals surface area contributed by atoms with Crippen molar-refractivity contribution in [3.8, 4) is 11.4 Å². The molecule has 0 aliphatic heterocycles. The van der Waals surface area contributed by atoms with Crippen LogP contribution in [0.1, 0.15) is 18.1 Å². The van der Waals surface area contributed by atoms with Gasteiger partial charge in [-0.1, -0.05) is 23.7 Å². The normalized spacial score (nSPS) is 12.6. The molecule has 5 heteroatoms. The van der Waals surface area contributed by atoms with Gasteiger partial charge in [0.05, 0.1) is 34.2 Å². The average Bonchev–Trinajstić information content (AvgIpc) is 2.86. The molecule has 1 aromatic heterocycles. The summed E-state index contributed by atoms with van der Waals surface area (Å²) in [6.45, 7) is 1.90. The van der Waals surface area contributed by atoms with Crippen LogP contribution in [0, 0.1) is 0 Å². The van der Waals surface area contributed by atoms with E-state index in [1.807, 2.05) is 54.0 Å². The number of fused-ring (bicyclic) bond motifs is 1. The van der Waals surface area contributed by atoms with Gasteiger partial charge in [-0.25, -0.2) is 4.98 Å². The maximum atomic E-state index is 6.33. The van der Waals surface area contributed by atoms with Crippen molar-refractivity contribution in [3.63, 3.8) is 0 Å². The van der Waals surface area contributed by atoms with Gasteiger partial charge in [-0.15, -0.1) is 11.6 Å². The Kier molecular flexibility index (Phi) is 3.79. The van der Waals surface area contributed by atoms with Crippen molar-refractivity contribution in [2.45, 2.75) is 12.3 Å². The molecule has 21 heavy (non-hydrogen) atoms. The van der Waals surface area contributed by atoms with Crippen LogP contribution >= 0.6 is 23.2 Å². The molecular weight excluding hydrogens is 307 g/mol. The van der Waals surface area contributed by atoms with Gasteiger partial charge in [0.2, 0.25) is 0 Å². The van der Waals surface area contributed by atoms with Crippen LogP contribution in [0.4, 0.5) is 0 Å². The SMILES string of the molecule is COc1ccc2c(c1)nc(C(C)Cl)n2-c1ccccc1Cl. The third-order valence-corrected chi connectivity index (χ3v) is 3.85. The van der Waals surface area contributed by atoms with Crippen LogP contribution in [0.5, 0.6) is 5.75 Å². The molecule has 0 fully saturated rings. The third kappa shape index (κ3) is 2.47. The van der Waals surface area contributed by atoms with Gasteiger partial charge in [0.15, 0.2) is 0 Å². The Hall–Kier alpha value is -1.71. The first-order chi connectivity index (χ1) is 10.1. The second-order valence-corrected chi connectivity index (χ2v) is 5.79. The number of methoxy groups -OCH3 is 1. The Morgan fingerprint density at radius 1 is 1.19 bits per heavy atom. The number of rotatable bonds is 3. The monoisotopic (exact) mass is 320 g/mol. The minimum atomic E-state index is -0.236. The van der Waals surface area contributed by atoms with Crippen LogP contribution in [0.3, 0.4) is 0 Å². The van der Waals surface area contributed by atoms with Crippen molar-refractivity contribution in [1.82, 2.24) is 9.55 Å². The number of imidazole rings is 1. The summed E-state index contributed by atoms with van der Waals surface area (Å²) >= 11 is 12.6. The Balaban J connectivity index is 2.34. The molecule has 0 N–H and O–H groups in total. The van der Waals surface area contributed by atoms with Gasteiger partial charge in [-0.2, -0.15) is 0 Å². The van der Waals surface area contributed by atoms with Crippen LogP contribution in [-0.4, -0.2) is 16.7 Å². The molecule has 2 aromatic carbocycles. The number of para-hydroxylation sites is 1. The predicted octanol–water partition coefficient (Wildman–Crippen LogP) is 4.99. The summed E-state index contributed by atoms with van der Waals surface area (Å²) in [6.07, 6.45) is 0. The van der Waals surface area contributed by atoms with Crippen LogP contribution in [0.2, 0.25) is 5.02 Å². The molecule has 0 bridgehead atoms. The lowest BCUT2D eigenvalue weighted by Gasteiger charge is -2.12. The molecule has 1 unspecified atom stereocenters. The Labute approximate surface area is 133 Å². The van der Waals surface area contributed by atoms with Gasteiger partial charge < -0.3 is 4.74 Å². The van der Waals surface area contributed by atoms with Gasteiger partial charge in [0, 0.05) is 6.07 Å². The van der Waals surface area contributed by atoms with Gasteiger partial charge in [-0.05, 0) is 31.2 Å². The summed E-state index contributed by atoms with van der Waals surface area (Å²) in [4.78, 5) is 4.63. The minimum Gasteiger partial charge on any atom is -0.497 e. The number of hydrogen-bond donors (Lipinski definition) is 0. The number of halogens is 2. The molecule has 1 atom stereocenters. The second-order valence-electron chi connectivity index (χ2n) is 4.73. The fourth-order valence-corrected chi connectivity index (χ4v) is 2.73. The van der Waals surface area contributed by atoms with Gasteiger partial charge in [-0.3, -0.25) is 4.57 Å². The molecule has 3 nitrogen and oxygen atoms in total. The van der Waals surface area contributed by atoms with Crippen molar-refractivity contribution >= 4 is 34.2 Å². The molecule has 0 aliphatic rings. The Morgan fingerprint density at radius 3 is 2.62 bits per heavy atom. The second kappa shape index (κ2) is 5.58. The molecule has 108 valence electrons. The van der Waals surface area contributed by atoms with Gasteiger partial charge in [0.25, 0.3) is 0 Å². The zero-order valence-electron chi connectivity index (χ0n) is 11.7. The molecule has 3 aromatic rings. The molecular formula is C16H14Cl2N2O. The van der Waals surface area contributed by atoms with E-state index in [9.17, 15) is 0 Å². The largest absolute Gasteiger partial charge is 0.497 e. The zero-order chi connectivity index (χ0) is 15.0. The molecule has 0 spiro atoms. The highest BCUT2D eigenvalue weighted by Crippen LogP contribution is 2.32. The number of benzene rings is 2. The molecule has 3 rings (SSSR count). The highest BCUT2D eigenvalue weighted by Gasteiger charge is 2.18. The summed E-state index contributed by atoms with van der Waals surface area (Å²) < 4.78 is 7.25. The lowest BCUT2D eigenvalue weighted by atomic mass is 10.2. The lowest BCUT2D eigenvalue weighted by molar-refractivity contribution is 0.415. The maximum Gasteiger partial charge on any atom is 0.132 e. The van der Waals surface area contributed by atoms with Crippen molar-refractivity contribution in [2.75, 3.05) is 7.11 Å². The first-order valence-corrected chi connectivity index (χ1v) is 7.38. The lowest BCUT2D eigenvalue weighted by Crippen LogP contribution is -2.02. The molecule has 0 radical (unpaired) electrons. The summed E-state index contributed by atoms with van der Waals surface area (Å²) in [5.74, 6) is 1.52. The standard InChI is InChI=1S/C16H14Cl2N2O/c1-10(17)16-19-13-9-11(21-2)7-8-15(13)20(16)14-6-4-3-5-12(14)18/h3-10H,1-2H3. The van der Waals surface area contributed by atoms with E-state index in [0.717, 1.165) is 28.3 Å². The van der Waals surface area contributed by atoms with E-state index in [-0.39, 0.29) is 5.38 Å². The fraction of sp³-hybridized carbons (Fsp3) is 0.188. The third-order valence-electron chi connectivity index (χ3n) is 3.34. The van der Waals surface area contributed by atoms with E-state index in [1.165, 1.54) is 0 Å². The van der Waals surface area contributed by atoms with E-state index in [1.54, 1.807) is 7.11 Å². The van der Waals surface area contributed by atoms with Crippen molar-refractivity contribution < 1.29 is 4.74 Å². The van der Waals surface area contributed by atoms with E-state index in [0.29, 0.717) is 5.02 Å². The van der Waals surface area contributed by atoms with Gasteiger partial charge in [0.1, 0.15) is 11.6 Å². The number of alkyl halides is 1. The van der Waals surface area contributed by atoms with E-state index < -0.39 is 0 Å². The smallest absolute Gasteiger partial charge is 0.132 e. The first-order valence-electron chi connectivity index (χ1n) is 6.57. The topological polar surface area (TPSA) is 27.1 Å². The molecule has 0 saturated heterocycles. The Morgan fingerprint density at radius 2 is 1.95 bits per heavy atom. The average molecular weight is 321 g/mol. The van der Waals surface area contributed by atoms with Crippen LogP contribution in [0.25, 0.3) is 16.7 Å². The van der Waals surface area contributed by atoms with Crippen molar-refractivity contribution in [2.24, 2.45) is 0 Å². The Bertz CT molecular complexity index is 796. The van der Waals surface area contributed by atoms with Crippen LogP contribution < -0.4 is 4.74 Å². The summed E-state index contributed by atoms with van der Waals surface area (Å²) in [5.41, 5.74) is 2.65. The number of nitrogens with zero attached hydrogens (tertiary/aromatic N) is 2. The minimum absolute atomic E-state index is 0.236. The summed E-state index contributed by atoms with van der Waals surface area (Å²) in [7, 11) is 1.64. The fourth-order valence-electron chi connectivity index (χ4n) is 2.36. The zero-order valence-corrected chi connectivity index (χ0v) is 13.2. The van der Waals surface area contributed by atoms with E-state index in [2.05, 4.69) is 4.98 Å². The van der Waals surface area contributed by atoms with E-state index in [4.69, 9.17) is 27.9 Å². The maximum absolute atomic E-state index is 6.33. The number of aromatic nitrogens is 2. The highest BCUT2D eigenvalue weighted by atomic mass is 35.5. The number of ether oxygens (including phenoxy) is 1. The number of hydrogen-bond acceptors (Lipinski definition) is 2.